The Morgan fingerprint density at radius 1 is 1.27 bits per heavy atom. The van der Waals surface area contributed by atoms with Crippen LogP contribution in [0.5, 0.6) is 0 Å². The van der Waals surface area contributed by atoms with E-state index in [0.717, 1.165) is 5.56 Å². The fraction of sp³-hybridized carbons (Fsp3) is 0.154. The third-order valence-electron chi connectivity index (χ3n) is 2.75. The van der Waals surface area contributed by atoms with Crippen LogP contribution in [0.3, 0.4) is 0 Å². The van der Waals surface area contributed by atoms with E-state index in [9.17, 15) is 23.3 Å². The number of nitrogens with zero attached hydrogens (tertiary/aromatic N) is 2. The zero-order chi connectivity index (χ0) is 16.3. The molecule has 22 heavy (non-hydrogen) atoms. The van der Waals surface area contributed by atoms with Gasteiger partial charge in [0, 0.05) is 6.54 Å². The number of nitro groups is 1. The van der Waals surface area contributed by atoms with E-state index in [-0.39, 0.29) is 12.2 Å². The fourth-order valence-corrected chi connectivity index (χ4v) is 2.02. The molecule has 0 amide bonds. The molecule has 0 aliphatic carbocycles. The Balaban J connectivity index is 2.38. The Hall–Kier alpha value is -2.35. The lowest BCUT2D eigenvalue weighted by Crippen LogP contribution is -2.11. The molecule has 0 unspecified atom stereocenters. The van der Waals surface area contributed by atoms with Crippen LogP contribution in [0.1, 0.15) is 11.3 Å². The summed E-state index contributed by atoms with van der Waals surface area (Å²) in [7, 11) is 0. The van der Waals surface area contributed by atoms with Crippen molar-refractivity contribution in [1.29, 1.82) is 0 Å². The number of rotatable bonds is 4. The number of benzene rings is 1. The highest BCUT2D eigenvalue weighted by Crippen LogP contribution is 2.37. The molecule has 0 radical (unpaired) electrons. The lowest BCUT2D eigenvalue weighted by atomic mass is 10.2. The average Bonchev–Trinajstić information content (AvgIpc) is 2.44. The number of pyridine rings is 1. The van der Waals surface area contributed by atoms with E-state index in [1.165, 1.54) is 0 Å². The third kappa shape index (κ3) is 3.64. The molecular weight excluding hydrogens is 323 g/mol. The van der Waals surface area contributed by atoms with Gasteiger partial charge in [-0.1, -0.05) is 41.9 Å². The second-order valence-corrected chi connectivity index (χ2v) is 4.65. The van der Waals surface area contributed by atoms with Crippen molar-refractivity contribution in [3.63, 3.8) is 0 Å². The van der Waals surface area contributed by atoms with Crippen molar-refractivity contribution in [1.82, 2.24) is 4.98 Å². The summed E-state index contributed by atoms with van der Waals surface area (Å²) in [6, 6.07) is 9.29. The van der Waals surface area contributed by atoms with Gasteiger partial charge in [0.1, 0.15) is 11.4 Å². The Kier molecular flexibility index (Phi) is 4.51. The molecule has 0 saturated heterocycles. The summed E-state index contributed by atoms with van der Waals surface area (Å²) in [5, 5.41) is 12.8. The molecule has 2 rings (SSSR count). The molecule has 1 aromatic heterocycles. The lowest BCUT2D eigenvalue weighted by Gasteiger charge is -2.11. The van der Waals surface area contributed by atoms with Crippen LogP contribution in [0.15, 0.2) is 36.4 Å². The highest BCUT2D eigenvalue weighted by molar-refractivity contribution is 6.32. The monoisotopic (exact) mass is 331 g/mol. The van der Waals surface area contributed by atoms with Crippen molar-refractivity contribution in [2.45, 2.75) is 12.7 Å². The number of halogens is 4. The SMILES string of the molecule is O=[N+]([O-])c1c(NCc2ccccc2)cc(C(F)(F)F)nc1Cl. The molecule has 1 aromatic carbocycles. The highest BCUT2D eigenvalue weighted by Gasteiger charge is 2.36. The maximum atomic E-state index is 12.7. The molecule has 0 spiro atoms. The van der Waals surface area contributed by atoms with Gasteiger partial charge in [-0.25, -0.2) is 4.98 Å². The normalized spacial score (nSPS) is 11.3. The van der Waals surface area contributed by atoms with Crippen molar-refractivity contribution in [2.24, 2.45) is 0 Å². The van der Waals surface area contributed by atoms with Crippen LogP contribution in [0.2, 0.25) is 5.15 Å². The summed E-state index contributed by atoms with van der Waals surface area (Å²) >= 11 is 5.52. The predicted molar refractivity (Wildman–Crippen MR) is 74.7 cm³/mol. The van der Waals surface area contributed by atoms with Crippen LogP contribution >= 0.6 is 11.6 Å². The van der Waals surface area contributed by atoms with E-state index < -0.39 is 27.6 Å². The molecule has 0 saturated carbocycles. The molecule has 116 valence electrons. The number of hydrogen-bond acceptors (Lipinski definition) is 4. The molecule has 5 nitrogen and oxygen atoms in total. The molecule has 1 N–H and O–H groups in total. The Bertz CT molecular complexity index is 693. The quantitative estimate of drug-likeness (QED) is 0.516. The molecule has 9 heteroatoms. The van der Waals surface area contributed by atoms with Gasteiger partial charge in [0.05, 0.1) is 4.92 Å². The number of nitrogens with one attached hydrogen (secondary N) is 1. The first kappa shape index (κ1) is 16.0. The zero-order valence-electron chi connectivity index (χ0n) is 10.9. The average molecular weight is 332 g/mol. The Morgan fingerprint density at radius 2 is 1.91 bits per heavy atom. The number of alkyl halides is 3. The standard InChI is InChI=1S/C13H9ClF3N3O2/c14-12-11(20(21)22)9(6-10(19-12)13(15,16)17)18-7-8-4-2-1-3-5-8/h1-6H,7H2,(H,18,19). The number of anilines is 1. The van der Waals surface area contributed by atoms with Crippen molar-refractivity contribution < 1.29 is 18.1 Å². The lowest BCUT2D eigenvalue weighted by molar-refractivity contribution is -0.384. The van der Waals surface area contributed by atoms with Gasteiger partial charge in [0.15, 0.2) is 0 Å². The minimum atomic E-state index is -4.75. The molecule has 1 heterocycles. The second-order valence-electron chi connectivity index (χ2n) is 4.29. The number of aromatic nitrogens is 1. The highest BCUT2D eigenvalue weighted by atomic mass is 35.5. The van der Waals surface area contributed by atoms with Gasteiger partial charge in [-0.3, -0.25) is 10.1 Å². The summed E-state index contributed by atoms with van der Waals surface area (Å²) in [6.07, 6.45) is -4.75. The van der Waals surface area contributed by atoms with Crippen molar-refractivity contribution >= 4 is 23.0 Å². The Labute approximate surface area is 127 Å². The van der Waals surface area contributed by atoms with Crippen LogP contribution in [0, 0.1) is 10.1 Å². The van der Waals surface area contributed by atoms with Crippen LogP contribution < -0.4 is 5.32 Å². The van der Waals surface area contributed by atoms with Gasteiger partial charge in [0.25, 0.3) is 0 Å². The molecule has 0 aliphatic rings. The van der Waals surface area contributed by atoms with Gasteiger partial charge in [-0.2, -0.15) is 13.2 Å². The van der Waals surface area contributed by atoms with Crippen molar-refractivity contribution in [3.05, 3.63) is 62.9 Å². The zero-order valence-corrected chi connectivity index (χ0v) is 11.6. The van der Waals surface area contributed by atoms with Crippen LogP contribution in [-0.2, 0) is 12.7 Å². The van der Waals surface area contributed by atoms with E-state index in [1.54, 1.807) is 30.3 Å². The van der Waals surface area contributed by atoms with E-state index >= 15 is 0 Å². The van der Waals surface area contributed by atoms with Gasteiger partial charge in [-0.15, -0.1) is 0 Å². The van der Waals surface area contributed by atoms with Crippen LogP contribution in [0.25, 0.3) is 0 Å². The maximum Gasteiger partial charge on any atom is 0.433 e. The van der Waals surface area contributed by atoms with E-state index in [0.29, 0.717) is 6.07 Å². The van der Waals surface area contributed by atoms with Gasteiger partial charge >= 0.3 is 11.9 Å². The first-order valence-electron chi connectivity index (χ1n) is 5.99. The number of hydrogen-bond donors (Lipinski definition) is 1. The Morgan fingerprint density at radius 3 is 2.45 bits per heavy atom. The van der Waals surface area contributed by atoms with Gasteiger partial charge in [-0.05, 0) is 11.6 Å². The summed E-state index contributed by atoms with van der Waals surface area (Å²) in [5.74, 6) is 0. The van der Waals surface area contributed by atoms with Gasteiger partial charge in [0.2, 0.25) is 5.15 Å². The van der Waals surface area contributed by atoms with Crippen LogP contribution in [-0.4, -0.2) is 9.91 Å². The second kappa shape index (κ2) is 6.18. The topological polar surface area (TPSA) is 68.1 Å². The molecule has 0 fully saturated rings. The summed E-state index contributed by atoms with van der Waals surface area (Å²) in [6.45, 7) is 0.110. The molecule has 0 aliphatic heterocycles. The first-order chi connectivity index (χ1) is 10.3. The van der Waals surface area contributed by atoms with Gasteiger partial charge < -0.3 is 5.32 Å². The molecular formula is C13H9ClF3N3O2. The van der Waals surface area contributed by atoms with Crippen molar-refractivity contribution in [2.75, 3.05) is 5.32 Å². The van der Waals surface area contributed by atoms with Crippen LogP contribution in [0.4, 0.5) is 24.5 Å². The van der Waals surface area contributed by atoms with Crippen molar-refractivity contribution in [3.8, 4) is 0 Å². The minimum absolute atomic E-state index is 0.110. The largest absolute Gasteiger partial charge is 0.433 e. The summed E-state index contributed by atoms with van der Waals surface area (Å²) in [4.78, 5) is 13.1. The van der Waals surface area contributed by atoms with E-state index in [2.05, 4.69) is 10.3 Å². The van der Waals surface area contributed by atoms with E-state index in [1.807, 2.05) is 0 Å². The minimum Gasteiger partial charge on any atom is -0.375 e. The molecule has 2 aromatic rings. The fourth-order valence-electron chi connectivity index (χ4n) is 1.75. The molecule has 0 atom stereocenters. The predicted octanol–water partition coefficient (Wildman–Crippen LogP) is 4.27. The summed E-state index contributed by atoms with van der Waals surface area (Å²) < 4.78 is 38.2. The molecule has 0 bridgehead atoms. The maximum absolute atomic E-state index is 12.7. The third-order valence-corrected chi connectivity index (χ3v) is 3.01. The summed E-state index contributed by atoms with van der Waals surface area (Å²) in [5.41, 5.74) is -1.57. The first-order valence-corrected chi connectivity index (χ1v) is 6.37. The van der Waals surface area contributed by atoms with E-state index in [4.69, 9.17) is 11.6 Å². The smallest absolute Gasteiger partial charge is 0.375 e.